The lowest BCUT2D eigenvalue weighted by molar-refractivity contribution is -0.145. The second-order valence-corrected chi connectivity index (χ2v) is 6.76. The highest BCUT2D eigenvalue weighted by Gasteiger charge is 2.43. The van der Waals surface area contributed by atoms with E-state index in [1.165, 1.54) is 6.08 Å². The number of aliphatic imine (C=N–C) groups is 1. The van der Waals surface area contributed by atoms with Crippen molar-refractivity contribution in [3.8, 4) is 0 Å². The van der Waals surface area contributed by atoms with Crippen molar-refractivity contribution in [3.63, 3.8) is 0 Å². The van der Waals surface area contributed by atoms with E-state index in [0.29, 0.717) is 22.7 Å². The molecule has 0 saturated carbocycles. The van der Waals surface area contributed by atoms with Gasteiger partial charge in [-0.2, -0.15) is 0 Å². The highest BCUT2D eigenvalue weighted by Crippen LogP contribution is 2.43. The normalized spacial score (nSPS) is 23.0. The van der Waals surface area contributed by atoms with Gasteiger partial charge in [-0.05, 0) is 37.5 Å². The Labute approximate surface area is 152 Å². The molecule has 1 heterocycles. The van der Waals surface area contributed by atoms with E-state index in [9.17, 15) is 9.59 Å². The van der Waals surface area contributed by atoms with Crippen LogP contribution in [0.1, 0.15) is 37.7 Å². The van der Waals surface area contributed by atoms with Crippen LogP contribution < -0.4 is 0 Å². The van der Waals surface area contributed by atoms with Crippen LogP contribution >= 0.6 is 11.6 Å². The molecule has 25 heavy (non-hydrogen) atoms. The fraction of sp³-hybridized carbons (Fsp3) is 0.350. The van der Waals surface area contributed by atoms with Crippen LogP contribution in [-0.4, -0.2) is 24.1 Å². The monoisotopic (exact) mass is 357 g/mol. The van der Waals surface area contributed by atoms with Gasteiger partial charge in [0.2, 0.25) is 0 Å². The first-order valence-corrected chi connectivity index (χ1v) is 8.75. The predicted molar refractivity (Wildman–Crippen MR) is 97.8 cm³/mol. The Balaban J connectivity index is 2.12. The summed E-state index contributed by atoms with van der Waals surface area (Å²) < 4.78 is 5.29. The minimum Gasteiger partial charge on any atom is -0.461 e. The largest absolute Gasteiger partial charge is 0.461 e. The van der Waals surface area contributed by atoms with Gasteiger partial charge >= 0.3 is 5.97 Å². The quantitative estimate of drug-likeness (QED) is 0.598. The van der Waals surface area contributed by atoms with Gasteiger partial charge in [-0.1, -0.05) is 36.4 Å². The van der Waals surface area contributed by atoms with E-state index in [1.807, 2.05) is 25.1 Å². The summed E-state index contributed by atoms with van der Waals surface area (Å²) in [4.78, 5) is 29.9. The second-order valence-electron chi connectivity index (χ2n) is 6.32. The van der Waals surface area contributed by atoms with Gasteiger partial charge in [-0.15, -0.1) is 0 Å². The smallest absolute Gasteiger partial charge is 0.315 e. The predicted octanol–water partition coefficient (Wildman–Crippen LogP) is 4.25. The summed E-state index contributed by atoms with van der Waals surface area (Å²) in [6.07, 6.45) is 3.56. The summed E-state index contributed by atoms with van der Waals surface area (Å²) >= 11 is 6.16. The Morgan fingerprint density at radius 2 is 2.24 bits per heavy atom. The van der Waals surface area contributed by atoms with Gasteiger partial charge in [0.05, 0.1) is 0 Å². The van der Waals surface area contributed by atoms with Crippen LogP contribution in [0.25, 0.3) is 0 Å². The van der Waals surface area contributed by atoms with E-state index >= 15 is 0 Å². The van der Waals surface area contributed by atoms with E-state index in [0.717, 1.165) is 24.1 Å². The van der Waals surface area contributed by atoms with Crippen molar-refractivity contribution >= 4 is 29.1 Å². The maximum absolute atomic E-state index is 12.7. The van der Waals surface area contributed by atoms with Crippen molar-refractivity contribution < 1.29 is 14.3 Å². The Bertz CT molecular complexity index is 794. The van der Waals surface area contributed by atoms with Crippen LogP contribution in [0.5, 0.6) is 0 Å². The zero-order valence-corrected chi connectivity index (χ0v) is 14.9. The molecule has 1 aromatic rings. The third-order valence-electron chi connectivity index (χ3n) is 4.64. The van der Waals surface area contributed by atoms with E-state index in [4.69, 9.17) is 16.3 Å². The molecule has 0 N–H and O–H groups in total. The number of carbonyl (C=O) groups is 2. The van der Waals surface area contributed by atoms with Crippen molar-refractivity contribution in [1.29, 1.82) is 0 Å². The number of Topliss-reactive ketones (excluding diaryl/α,β-unsaturated/α-hetero) is 1. The molecular weight excluding hydrogens is 338 g/mol. The molecule has 0 bridgehead atoms. The average molecular weight is 358 g/mol. The lowest BCUT2D eigenvalue weighted by Gasteiger charge is -2.34. The van der Waals surface area contributed by atoms with Crippen molar-refractivity contribution in [3.05, 3.63) is 58.8 Å². The van der Waals surface area contributed by atoms with Crippen LogP contribution in [0.2, 0.25) is 5.02 Å². The molecule has 0 saturated heterocycles. The van der Waals surface area contributed by atoms with Gasteiger partial charge in [0.1, 0.15) is 12.5 Å². The number of hydrogen-bond donors (Lipinski definition) is 0. The molecule has 0 amide bonds. The number of allylic oxidation sites excluding steroid dienone is 2. The van der Waals surface area contributed by atoms with Crippen molar-refractivity contribution in [2.24, 2.45) is 10.9 Å². The Morgan fingerprint density at radius 3 is 2.96 bits per heavy atom. The Morgan fingerprint density at radius 1 is 1.44 bits per heavy atom. The van der Waals surface area contributed by atoms with Gasteiger partial charge in [-0.3, -0.25) is 14.6 Å². The van der Waals surface area contributed by atoms with Crippen LogP contribution in [0.4, 0.5) is 0 Å². The molecule has 130 valence electrons. The van der Waals surface area contributed by atoms with E-state index in [1.54, 1.807) is 6.07 Å². The van der Waals surface area contributed by atoms with Gasteiger partial charge in [-0.25, -0.2) is 0 Å². The Kier molecular flexibility index (Phi) is 5.19. The fourth-order valence-electron chi connectivity index (χ4n) is 3.60. The van der Waals surface area contributed by atoms with Crippen LogP contribution in [0.3, 0.4) is 0 Å². The first kappa shape index (κ1) is 17.6. The highest BCUT2D eigenvalue weighted by molar-refractivity contribution is 6.30. The number of rotatable bonds is 4. The maximum atomic E-state index is 12.7. The number of halogens is 1. The standard InChI is InChI=1S/C20H20ClNO3/c1-3-10-25-20(24)17-12(2)22-15-8-5-9-16(23)19(15)18(17)13-6-4-7-14(21)11-13/h3-4,6-7,11,17-18H,1,5,8-10H2,2H3/t17?,18-/m1/s1. The van der Waals surface area contributed by atoms with Gasteiger partial charge in [0.25, 0.3) is 0 Å². The summed E-state index contributed by atoms with van der Waals surface area (Å²) in [6.45, 7) is 5.52. The molecule has 3 rings (SSSR count). The van der Waals surface area contributed by atoms with Gasteiger partial charge in [0, 0.05) is 34.3 Å². The molecule has 0 fully saturated rings. The first-order valence-electron chi connectivity index (χ1n) is 8.37. The molecule has 2 aliphatic rings. The fourth-order valence-corrected chi connectivity index (χ4v) is 3.80. The lowest BCUT2D eigenvalue weighted by Crippen LogP contribution is -2.37. The second kappa shape index (κ2) is 7.36. The first-order chi connectivity index (χ1) is 12.0. The molecular formula is C20H20ClNO3. The van der Waals surface area contributed by atoms with Crippen molar-refractivity contribution in [1.82, 2.24) is 0 Å². The average Bonchev–Trinajstić information content (AvgIpc) is 2.58. The molecule has 5 heteroatoms. The lowest BCUT2D eigenvalue weighted by atomic mass is 9.72. The zero-order chi connectivity index (χ0) is 18.0. The number of carbonyl (C=O) groups excluding carboxylic acids is 2. The molecule has 1 aliphatic carbocycles. The summed E-state index contributed by atoms with van der Waals surface area (Å²) in [6, 6.07) is 7.32. The number of benzene rings is 1. The minimum absolute atomic E-state index is 0.0593. The number of hydrogen-bond acceptors (Lipinski definition) is 4. The zero-order valence-electron chi connectivity index (χ0n) is 14.1. The Hall–Kier alpha value is -2.20. The van der Waals surface area contributed by atoms with E-state index in [-0.39, 0.29) is 12.4 Å². The number of ketones is 1. The summed E-state index contributed by atoms with van der Waals surface area (Å²) in [7, 11) is 0. The van der Waals surface area contributed by atoms with E-state index in [2.05, 4.69) is 11.6 Å². The maximum Gasteiger partial charge on any atom is 0.315 e. The minimum atomic E-state index is -0.626. The van der Waals surface area contributed by atoms with Crippen molar-refractivity contribution in [2.75, 3.05) is 6.61 Å². The molecule has 1 aliphatic heterocycles. The summed E-state index contributed by atoms with van der Waals surface area (Å²) in [5.41, 5.74) is 2.95. The third kappa shape index (κ3) is 3.45. The van der Waals surface area contributed by atoms with Crippen LogP contribution in [0, 0.1) is 5.92 Å². The SMILES string of the molecule is C=CCOC(=O)C1C(C)=NC2=C(C(=O)CCC2)[C@@H]1c1cccc(Cl)c1. The third-order valence-corrected chi connectivity index (χ3v) is 4.87. The van der Waals surface area contributed by atoms with Gasteiger partial charge in [0.15, 0.2) is 5.78 Å². The highest BCUT2D eigenvalue weighted by atomic mass is 35.5. The molecule has 4 nitrogen and oxygen atoms in total. The topological polar surface area (TPSA) is 55.7 Å². The molecule has 0 spiro atoms. The number of esters is 1. The molecule has 0 aromatic heterocycles. The number of ether oxygens (including phenoxy) is 1. The van der Waals surface area contributed by atoms with Gasteiger partial charge < -0.3 is 4.74 Å². The van der Waals surface area contributed by atoms with Crippen molar-refractivity contribution in [2.45, 2.75) is 32.1 Å². The molecule has 1 aromatic carbocycles. The molecule has 2 atom stereocenters. The van der Waals surface area contributed by atoms with Crippen LogP contribution in [-0.2, 0) is 14.3 Å². The molecule has 0 radical (unpaired) electrons. The van der Waals surface area contributed by atoms with Crippen LogP contribution in [0.15, 0.2) is 53.2 Å². The summed E-state index contributed by atoms with van der Waals surface area (Å²) in [5, 5.41) is 0.571. The summed E-state index contributed by atoms with van der Waals surface area (Å²) in [5.74, 6) is -1.37. The van der Waals surface area contributed by atoms with E-state index < -0.39 is 17.8 Å². The number of nitrogens with zero attached hydrogens (tertiary/aromatic N) is 1. The molecule has 1 unspecified atom stereocenters.